The molecule has 0 radical (unpaired) electrons. The van der Waals surface area contributed by atoms with E-state index in [1.165, 1.54) is 0 Å². The van der Waals surface area contributed by atoms with Crippen molar-refractivity contribution in [1.82, 2.24) is 0 Å². The van der Waals surface area contributed by atoms with Crippen molar-refractivity contribution >= 4 is 30.4 Å². The van der Waals surface area contributed by atoms with E-state index in [0.29, 0.717) is 6.07 Å². The summed E-state index contributed by atoms with van der Waals surface area (Å²) >= 11 is 0. The molecule has 0 saturated heterocycles. The van der Waals surface area contributed by atoms with Crippen molar-refractivity contribution in [3.63, 3.8) is 0 Å². The highest BCUT2D eigenvalue weighted by atomic mass is 32.2. The van der Waals surface area contributed by atoms with Crippen molar-refractivity contribution in [3.8, 4) is 17.2 Å². The van der Waals surface area contributed by atoms with Crippen molar-refractivity contribution in [2.24, 2.45) is 0 Å². The minimum atomic E-state index is -6.20. The van der Waals surface area contributed by atoms with E-state index in [-0.39, 0.29) is 12.1 Å². The molecule has 48 heavy (non-hydrogen) atoms. The Morgan fingerprint density at radius 2 is 0.646 bits per heavy atom. The second-order valence-corrected chi connectivity index (χ2v) is 13.1. The van der Waals surface area contributed by atoms with Gasteiger partial charge in [0.25, 0.3) is 0 Å². The lowest BCUT2D eigenvalue weighted by Crippen LogP contribution is -2.19. The molecule has 0 aliphatic carbocycles. The first-order chi connectivity index (χ1) is 22.0. The molecular formula is C24H6F12O9S3. The lowest BCUT2D eigenvalue weighted by atomic mass is 10.3. The van der Waals surface area contributed by atoms with Crippen LogP contribution in [-0.4, -0.2) is 25.3 Å². The molecule has 4 rings (SSSR count). The van der Waals surface area contributed by atoms with Crippen molar-refractivity contribution in [3.05, 3.63) is 106 Å². The summed E-state index contributed by atoms with van der Waals surface area (Å²) < 4.78 is 255. The molecule has 258 valence electrons. The Hall–Kier alpha value is -4.71. The minimum Gasteiger partial charge on any atom is -0.375 e. The molecule has 9 nitrogen and oxygen atoms in total. The van der Waals surface area contributed by atoms with Gasteiger partial charge in [-0.05, 0) is 12.1 Å². The summed E-state index contributed by atoms with van der Waals surface area (Å²) in [5.74, 6) is -36.4. The van der Waals surface area contributed by atoms with Gasteiger partial charge >= 0.3 is 30.4 Å². The molecule has 0 amide bonds. The Labute approximate surface area is 258 Å². The van der Waals surface area contributed by atoms with Crippen molar-refractivity contribution < 1.29 is 90.5 Å². The number of rotatable bonds is 9. The van der Waals surface area contributed by atoms with Crippen LogP contribution in [0.2, 0.25) is 0 Å². The summed E-state index contributed by atoms with van der Waals surface area (Å²) in [7, 11) is -18.3. The third kappa shape index (κ3) is 6.41. The van der Waals surface area contributed by atoms with E-state index < -0.39 is 150 Å². The van der Waals surface area contributed by atoms with Gasteiger partial charge in [0.05, 0.1) is 0 Å². The second-order valence-electron chi connectivity index (χ2n) is 8.59. The molecule has 0 aliphatic rings. The molecule has 0 fully saturated rings. The molecule has 24 heteroatoms. The highest BCUT2D eigenvalue weighted by Crippen LogP contribution is 2.43. The summed E-state index contributed by atoms with van der Waals surface area (Å²) in [5, 5.41) is 0. The zero-order chi connectivity index (χ0) is 36.3. The third-order valence-electron chi connectivity index (χ3n) is 5.55. The van der Waals surface area contributed by atoms with Crippen LogP contribution in [0.5, 0.6) is 17.2 Å². The van der Waals surface area contributed by atoms with Crippen LogP contribution in [0.4, 0.5) is 52.7 Å². The van der Waals surface area contributed by atoms with Gasteiger partial charge in [-0.1, -0.05) is 6.07 Å². The Kier molecular flexibility index (Phi) is 9.32. The third-order valence-corrected chi connectivity index (χ3v) is 9.24. The van der Waals surface area contributed by atoms with Gasteiger partial charge < -0.3 is 12.5 Å². The lowest BCUT2D eigenvalue weighted by Gasteiger charge is -2.17. The molecule has 0 saturated carbocycles. The summed E-state index contributed by atoms with van der Waals surface area (Å²) in [6.07, 6.45) is 0. The van der Waals surface area contributed by atoms with Crippen molar-refractivity contribution in [2.45, 2.75) is 14.7 Å². The number of hydrogen-bond donors (Lipinski definition) is 0. The number of hydrogen-bond acceptors (Lipinski definition) is 9. The quantitative estimate of drug-likeness (QED) is 0.0919. The fourth-order valence-corrected chi connectivity index (χ4v) is 6.45. The van der Waals surface area contributed by atoms with Crippen molar-refractivity contribution in [2.75, 3.05) is 0 Å². The van der Waals surface area contributed by atoms with Gasteiger partial charge in [0.2, 0.25) is 5.75 Å². The van der Waals surface area contributed by atoms with Gasteiger partial charge in [0, 0.05) is 18.2 Å². The Morgan fingerprint density at radius 1 is 0.375 bits per heavy atom. The molecule has 0 unspecified atom stereocenters. The van der Waals surface area contributed by atoms with Gasteiger partial charge in [-0.3, -0.25) is 0 Å². The van der Waals surface area contributed by atoms with Crippen LogP contribution < -0.4 is 12.5 Å². The van der Waals surface area contributed by atoms with Crippen LogP contribution in [0, 0.1) is 69.8 Å². The van der Waals surface area contributed by atoms with E-state index in [1.54, 1.807) is 0 Å². The van der Waals surface area contributed by atoms with E-state index in [2.05, 4.69) is 12.5 Å². The molecule has 4 aromatic rings. The highest BCUT2D eigenvalue weighted by molar-refractivity contribution is 7.87. The Morgan fingerprint density at radius 3 is 0.938 bits per heavy atom. The molecule has 0 aliphatic heterocycles. The van der Waals surface area contributed by atoms with Crippen LogP contribution in [0.25, 0.3) is 0 Å². The van der Waals surface area contributed by atoms with Gasteiger partial charge in [-0.15, -0.1) is 0 Å². The van der Waals surface area contributed by atoms with E-state index in [9.17, 15) is 77.9 Å². The van der Waals surface area contributed by atoms with E-state index in [4.69, 9.17) is 0 Å². The molecular weight excluding hydrogens is 756 g/mol. The monoisotopic (exact) mass is 762 g/mol. The summed E-state index contributed by atoms with van der Waals surface area (Å²) in [6.45, 7) is 0. The first-order valence-electron chi connectivity index (χ1n) is 11.5. The number of para-hydroxylation sites is 1. The number of halogens is 12. The molecule has 0 atom stereocenters. The van der Waals surface area contributed by atoms with Gasteiger partial charge in [0.1, 0.15) is 14.7 Å². The predicted octanol–water partition coefficient (Wildman–Crippen LogP) is 5.66. The SMILES string of the molecule is O=S(=O)(Oc1cccc(OS(=O)(=O)c2cc(F)c(F)c(F)c2F)c1OS(=O)(=O)c1cc(F)c(F)c(F)c1F)c1cc(F)c(F)c(F)c1F. The maximum Gasteiger partial charge on any atom is 0.342 e. The smallest absolute Gasteiger partial charge is 0.342 e. The Bertz CT molecular complexity index is 2240. The number of benzene rings is 4. The van der Waals surface area contributed by atoms with Crippen LogP contribution >= 0.6 is 0 Å². The molecule has 4 aromatic carbocycles. The second kappa shape index (κ2) is 12.4. The highest BCUT2D eigenvalue weighted by Gasteiger charge is 2.36. The summed E-state index contributed by atoms with van der Waals surface area (Å²) in [6, 6.07) is -0.598. The van der Waals surface area contributed by atoms with Crippen LogP contribution in [0.15, 0.2) is 51.1 Å². The molecule has 0 heterocycles. The minimum absolute atomic E-state index is 0.246. The van der Waals surface area contributed by atoms with E-state index >= 15 is 0 Å². The first-order valence-corrected chi connectivity index (χ1v) is 15.7. The zero-order valence-electron chi connectivity index (χ0n) is 21.9. The van der Waals surface area contributed by atoms with Crippen LogP contribution in [0.1, 0.15) is 0 Å². The van der Waals surface area contributed by atoms with Gasteiger partial charge in [-0.2, -0.15) is 25.3 Å². The van der Waals surface area contributed by atoms with Crippen molar-refractivity contribution in [1.29, 1.82) is 0 Å². The van der Waals surface area contributed by atoms with Gasteiger partial charge in [-0.25, -0.2) is 52.7 Å². The average Bonchev–Trinajstić information content (AvgIpc) is 3.00. The lowest BCUT2D eigenvalue weighted by molar-refractivity contribution is 0.384. The topological polar surface area (TPSA) is 130 Å². The average molecular weight is 762 g/mol. The fourth-order valence-electron chi connectivity index (χ4n) is 3.39. The zero-order valence-corrected chi connectivity index (χ0v) is 24.3. The predicted molar refractivity (Wildman–Crippen MR) is 129 cm³/mol. The maximum atomic E-state index is 14.4. The summed E-state index contributed by atoms with van der Waals surface area (Å²) in [4.78, 5) is -6.53. The standard InChI is InChI=1S/C24H6F12O9S3/c25-7-4-12(18(31)21(34)15(7)28)46(37,38)43-10-2-1-3-11(44-47(39,40)13-5-8(26)16(29)22(35)19(13)32)24(10)45-48(41,42)14-6-9(27)17(30)23(36)20(14)33/h1-6H. The molecule has 0 bridgehead atoms. The normalized spacial score (nSPS) is 12.2. The van der Waals surface area contributed by atoms with Gasteiger partial charge in [0.15, 0.2) is 81.3 Å². The molecule has 0 aromatic heterocycles. The van der Waals surface area contributed by atoms with Crippen LogP contribution in [0.3, 0.4) is 0 Å². The molecule has 0 N–H and O–H groups in total. The molecule has 0 spiro atoms. The van der Waals surface area contributed by atoms with E-state index in [0.717, 1.165) is 0 Å². The van der Waals surface area contributed by atoms with Crippen LogP contribution in [-0.2, 0) is 30.4 Å². The first kappa shape index (κ1) is 36.1. The largest absolute Gasteiger partial charge is 0.375 e. The fraction of sp³-hybridized carbons (Fsp3) is 0. The Balaban J connectivity index is 1.95. The maximum absolute atomic E-state index is 14.4. The summed E-state index contributed by atoms with van der Waals surface area (Å²) in [5.41, 5.74) is 0. The van der Waals surface area contributed by atoms with E-state index in [1.807, 2.05) is 0 Å².